The van der Waals surface area contributed by atoms with E-state index in [1.807, 2.05) is 6.92 Å². The van der Waals surface area contributed by atoms with Crippen molar-refractivity contribution in [3.05, 3.63) is 23.8 Å². The Kier molecular flexibility index (Phi) is 4.47. The van der Waals surface area contributed by atoms with Crippen LogP contribution in [0.25, 0.3) is 0 Å². The van der Waals surface area contributed by atoms with Gasteiger partial charge in [0.15, 0.2) is 6.10 Å². The maximum absolute atomic E-state index is 12.5. The van der Waals surface area contributed by atoms with Crippen molar-refractivity contribution in [1.29, 1.82) is 0 Å². The molecule has 2 rings (SSSR count). The van der Waals surface area contributed by atoms with Gasteiger partial charge in [0.2, 0.25) is 0 Å². The summed E-state index contributed by atoms with van der Waals surface area (Å²) < 4.78 is 5.70. The van der Waals surface area contributed by atoms with E-state index < -0.39 is 18.1 Å². The van der Waals surface area contributed by atoms with Gasteiger partial charge in [-0.25, -0.2) is 4.79 Å². The summed E-state index contributed by atoms with van der Waals surface area (Å²) >= 11 is 0. The molecule has 0 aliphatic carbocycles. The zero-order valence-electron chi connectivity index (χ0n) is 12.2. The molecule has 1 aromatic carbocycles. The number of nitrogens with zero attached hydrogens (tertiary/aromatic N) is 1. The number of hydrogen-bond donors (Lipinski definition) is 2. The Bertz CT molecular complexity index is 559. The first kappa shape index (κ1) is 15.3. The third kappa shape index (κ3) is 2.71. The van der Waals surface area contributed by atoms with E-state index in [0.29, 0.717) is 30.8 Å². The number of carboxylic acid groups (broad SMARTS) is 1. The Morgan fingerprint density at radius 1 is 1.48 bits per heavy atom. The molecule has 1 aromatic rings. The lowest BCUT2D eigenvalue weighted by atomic mass is 10.0. The fourth-order valence-corrected chi connectivity index (χ4v) is 2.50. The second-order valence-corrected chi connectivity index (χ2v) is 4.99. The standard InChI is InChI=1S/C15H20N2O4/c1-3-10(15(19)20)17-11-6-5-9(8-16)7-13(11)21-12(4-2)14(17)18/h5-7,10,12H,3-4,8,16H2,1-2H3,(H,19,20). The van der Waals surface area contributed by atoms with Crippen molar-refractivity contribution >= 4 is 17.6 Å². The molecule has 0 spiro atoms. The third-order valence-corrected chi connectivity index (χ3v) is 3.66. The summed E-state index contributed by atoms with van der Waals surface area (Å²) in [5.74, 6) is -0.805. The van der Waals surface area contributed by atoms with Gasteiger partial charge in [0, 0.05) is 6.54 Å². The molecular weight excluding hydrogens is 272 g/mol. The van der Waals surface area contributed by atoms with E-state index in [1.165, 1.54) is 4.90 Å². The van der Waals surface area contributed by atoms with E-state index in [1.54, 1.807) is 25.1 Å². The topological polar surface area (TPSA) is 92.9 Å². The second kappa shape index (κ2) is 6.13. The summed E-state index contributed by atoms with van der Waals surface area (Å²) in [6.07, 6.45) is 0.159. The van der Waals surface area contributed by atoms with Gasteiger partial charge in [0.1, 0.15) is 11.8 Å². The summed E-state index contributed by atoms with van der Waals surface area (Å²) in [6, 6.07) is 4.36. The maximum atomic E-state index is 12.5. The molecule has 1 aliphatic rings. The number of fused-ring (bicyclic) bond motifs is 1. The van der Waals surface area contributed by atoms with Gasteiger partial charge in [-0.15, -0.1) is 0 Å². The van der Waals surface area contributed by atoms with Gasteiger partial charge >= 0.3 is 5.97 Å². The van der Waals surface area contributed by atoms with Crippen LogP contribution >= 0.6 is 0 Å². The average molecular weight is 292 g/mol. The lowest BCUT2D eigenvalue weighted by Crippen LogP contribution is -2.53. The smallest absolute Gasteiger partial charge is 0.326 e. The maximum Gasteiger partial charge on any atom is 0.326 e. The highest BCUT2D eigenvalue weighted by Gasteiger charge is 2.39. The average Bonchev–Trinajstić information content (AvgIpc) is 2.48. The molecule has 1 aliphatic heterocycles. The molecule has 0 saturated carbocycles. The molecule has 0 fully saturated rings. The van der Waals surface area contributed by atoms with Crippen molar-refractivity contribution in [2.45, 2.75) is 45.4 Å². The number of ether oxygens (including phenoxy) is 1. The Morgan fingerprint density at radius 3 is 2.71 bits per heavy atom. The van der Waals surface area contributed by atoms with Crippen LogP contribution in [-0.4, -0.2) is 29.1 Å². The highest BCUT2D eigenvalue weighted by Crippen LogP contribution is 2.37. The van der Waals surface area contributed by atoms with E-state index >= 15 is 0 Å². The molecule has 1 heterocycles. The Labute approximate surface area is 123 Å². The fraction of sp³-hybridized carbons (Fsp3) is 0.467. The lowest BCUT2D eigenvalue weighted by Gasteiger charge is -2.37. The van der Waals surface area contributed by atoms with Crippen LogP contribution in [0.3, 0.4) is 0 Å². The first-order valence-corrected chi connectivity index (χ1v) is 7.08. The lowest BCUT2D eigenvalue weighted by molar-refractivity contribution is -0.141. The normalized spacial score (nSPS) is 18.9. The number of hydrogen-bond acceptors (Lipinski definition) is 4. The van der Waals surface area contributed by atoms with Gasteiger partial charge in [-0.2, -0.15) is 0 Å². The number of carbonyl (C=O) groups is 2. The van der Waals surface area contributed by atoms with Crippen LogP contribution in [0, 0.1) is 0 Å². The molecule has 3 N–H and O–H groups in total. The van der Waals surface area contributed by atoms with Gasteiger partial charge < -0.3 is 15.6 Å². The zero-order chi connectivity index (χ0) is 15.6. The minimum absolute atomic E-state index is 0.306. The monoisotopic (exact) mass is 292 g/mol. The summed E-state index contributed by atoms with van der Waals surface area (Å²) in [5.41, 5.74) is 6.99. The highest BCUT2D eigenvalue weighted by atomic mass is 16.5. The van der Waals surface area contributed by atoms with Crippen LogP contribution in [0.1, 0.15) is 32.3 Å². The van der Waals surface area contributed by atoms with Crippen molar-refractivity contribution in [3.63, 3.8) is 0 Å². The van der Waals surface area contributed by atoms with Crippen molar-refractivity contribution in [3.8, 4) is 5.75 Å². The van der Waals surface area contributed by atoms with E-state index in [0.717, 1.165) is 5.56 Å². The van der Waals surface area contributed by atoms with Crippen molar-refractivity contribution in [2.24, 2.45) is 5.73 Å². The van der Waals surface area contributed by atoms with Crippen molar-refractivity contribution in [2.75, 3.05) is 4.90 Å². The van der Waals surface area contributed by atoms with Crippen LogP contribution in [0.2, 0.25) is 0 Å². The number of benzene rings is 1. The Balaban J connectivity index is 2.53. The minimum Gasteiger partial charge on any atom is -0.480 e. The largest absolute Gasteiger partial charge is 0.480 e. The zero-order valence-corrected chi connectivity index (χ0v) is 12.2. The van der Waals surface area contributed by atoms with E-state index in [2.05, 4.69) is 0 Å². The number of anilines is 1. The van der Waals surface area contributed by atoms with Crippen LogP contribution in [0.15, 0.2) is 18.2 Å². The van der Waals surface area contributed by atoms with E-state index in [-0.39, 0.29) is 5.91 Å². The minimum atomic E-state index is -1.02. The van der Waals surface area contributed by atoms with Crippen molar-refractivity contribution < 1.29 is 19.4 Å². The van der Waals surface area contributed by atoms with E-state index in [4.69, 9.17) is 10.5 Å². The number of carboxylic acids is 1. The molecule has 1 amide bonds. The van der Waals surface area contributed by atoms with Crippen LogP contribution < -0.4 is 15.4 Å². The number of carbonyl (C=O) groups excluding carboxylic acids is 1. The molecule has 0 aromatic heterocycles. The molecule has 0 bridgehead atoms. The molecule has 21 heavy (non-hydrogen) atoms. The van der Waals surface area contributed by atoms with Crippen molar-refractivity contribution in [1.82, 2.24) is 0 Å². The van der Waals surface area contributed by atoms with Crippen LogP contribution in [0.4, 0.5) is 5.69 Å². The van der Waals surface area contributed by atoms with Gasteiger partial charge in [-0.05, 0) is 30.5 Å². The van der Waals surface area contributed by atoms with Gasteiger partial charge in [-0.1, -0.05) is 19.9 Å². The molecule has 2 unspecified atom stereocenters. The highest BCUT2D eigenvalue weighted by molar-refractivity contribution is 6.04. The molecule has 114 valence electrons. The van der Waals surface area contributed by atoms with Crippen LogP contribution in [0.5, 0.6) is 5.75 Å². The van der Waals surface area contributed by atoms with Gasteiger partial charge in [0.05, 0.1) is 5.69 Å². The first-order chi connectivity index (χ1) is 10.0. The third-order valence-electron chi connectivity index (χ3n) is 3.66. The number of amides is 1. The molecule has 0 radical (unpaired) electrons. The van der Waals surface area contributed by atoms with Gasteiger partial charge in [0.25, 0.3) is 5.91 Å². The molecule has 6 nitrogen and oxygen atoms in total. The molecule has 6 heteroatoms. The fourth-order valence-electron chi connectivity index (χ4n) is 2.50. The predicted molar refractivity (Wildman–Crippen MR) is 78.2 cm³/mol. The SMILES string of the molecule is CCC1Oc2cc(CN)ccc2N(C(CC)C(=O)O)C1=O. The summed E-state index contributed by atoms with van der Waals surface area (Å²) in [4.78, 5) is 25.3. The molecule has 2 atom stereocenters. The summed E-state index contributed by atoms with van der Waals surface area (Å²) in [6.45, 7) is 3.94. The summed E-state index contributed by atoms with van der Waals surface area (Å²) in [7, 11) is 0. The van der Waals surface area contributed by atoms with Crippen LogP contribution in [-0.2, 0) is 16.1 Å². The predicted octanol–water partition coefficient (Wildman–Crippen LogP) is 1.51. The quantitative estimate of drug-likeness (QED) is 0.858. The summed E-state index contributed by atoms with van der Waals surface area (Å²) in [5, 5.41) is 9.37. The second-order valence-electron chi connectivity index (χ2n) is 4.99. The first-order valence-electron chi connectivity index (χ1n) is 7.08. The van der Waals surface area contributed by atoms with Gasteiger partial charge in [-0.3, -0.25) is 9.69 Å². The van der Waals surface area contributed by atoms with E-state index in [9.17, 15) is 14.7 Å². The Morgan fingerprint density at radius 2 is 2.19 bits per heavy atom. The molecular formula is C15H20N2O4. The number of rotatable bonds is 5. The number of aliphatic carboxylic acids is 1. The Hall–Kier alpha value is -2.08. The number of nitrogens with two attached hydrogens (primary N) is 1. The molecule has 0 saturated heterocycles.